The third-order valence-electron chi connectivity index (χ3n) is 6.47. The minimum atomic E-state index is -0.606. The molecule has 2 fully saturated rings. The van der Waals surface area contributed by atoms with Crippen molar-refractivity contribution in [2.24, 2.45) is 11.8 Å². The summed E-state index contributed by atoms with van der Waals surface area (Å²) in [5.74, 6) is -0.199. The number of fused-ring (bicyclic) bond motifs is 2. The van der Waals surface area contributed by atoms with Gasteiger partial charge in [0.25, 0.3) is 0 Å². The van der Waals surface area contributed by atoms with Crippen LogP contribution in [-0.2, 0) is 22.7 Å². The molecule has 4 atom stereocenters. The number of carbonyl (C=O) groups excluding carboxylic acids is 2. The normalized spacial score (nSPS) is 23.9. The van der Waals surface area contributed by atoms with Gasteiger partial charge in [-0.15, -0.1) is 0 Å². The molecular weight excluding hydrogens is 437 g/mol. The number of hydrogen-bond acceptors (Lipinski definition) is 6. The third-order valence-corrected chi connectivity index (χ3v) is 6.77. The molecule has 166 valence electrons. The standard InChI is InChI=1S/C21H21ClFN7O2/c1-10-12-5-14(21(32)25-6-11-3-2-4-13(22)16(11)23)30(18(10)12)15(31)7-29-9-28-17-19(24)26-8-27-20(17)29/h2-4,8-10,12,14,18H,5-7H2,1H3,(H,25,32)(H2,24,26,27)/t10-,12?,14-,18-/m0/s1. The van der Waals surface area contributed by atoms with Gasteiger partial charge in [-0.25, -0.2) is 19.3 Å². The van der Waals surface area contributed by atoms with Crippen molar-refractivity contribution in [3.63, 3.8) is 0 Å². The monoisotopic (exact) mass is 457 g/mol. The molecule has 5 rings (SSSR count). The summed E-state index contributed by atoms with van der Waals surface area (Å²) in [7, 11) is 0. The van der Waals surface area contributed by atoms with Gasteiger partial charge in [0, 0.05) is 18.2 Å². The van der Waals surface area contributed by atoms with Gasteiger partial charge in [-0.3, -0.25) is 9.59 Å². The van der Waals surface area contributed by atoms with Crippen LogP contribution in [0.1, 0.15) is 18.9 Å². The topological polar surface area (TPSA) is 119 Å². The first-order valence-electron chi connectivity index (χ1n) is 10.3. The maximum Gasteiger partial charge on any atom is 0.243 e. The Morgan fingerprint density at radius 3 is 2.94 bits per heavy atom. The number of rotatable bonds is 5. The van der Waals surface area contributed by atoms with Crippen LogP contribution in [0.5, 0.6) is 0 Å². The molecule has 2 aromatic heterocycles. The Kier molecular flexibility index (Phi) is 4.96. The van der Waals surface area contributed by atoms with Crippen LogP contribution in [-0.4, -0.2) is 48.3 Å². The lowest BCUT2D eigenvalue weighted by molar-refractivity contribution is -0.140. The molecule has 0 radical (unpaired) electrons. The fourth-order valence-electron chi connectivity index (χ4n) is 4.72. The predicted octanol–water partition coefficient (Wildman–Crippen LogP) is 1.75. The van der Waals surface area contributed by atoms with Gasteiger partial charge in [0.2, 0.25) is 11.8 Å². The molecule has 11 heteroatoms. The molecule has 2 amide bonds. The summed E-state index contributed by atoms with van der Waals surface area (Å²) in [5, 5.41) is 2.76. The van der Waals surface area contributed by atoms with Gasteiger partial charge in [-0.2, -0.15) is 0 Å². The number of nitrogen functional groups attached to an aromatic ring is 1. The maximum atomic E-state index is 14.1. The molecule has 32 heavy (non-hydrogen) atoms. The molecule has 9 nitrogen and oxygen atoms in total. The fraction of sp³-hybridized carbons (Fsp3) is 0.381. The van der Waals surface area contributed by atoms with Gasteiger partial charge in [0.1, 0.15) is 30.2 Å². The number of nitrogens with two attached hydrogens (primary N) is 1. The zero-order chi connectivity index (χ0) is 22.6. The Morgan fingerprint density at radius 2 is 2.12 bits per heavy atom. The quantitative estimate of drug-likeness (QED) is 0.602. The van der Waals surface area contributed by atoms with Crippen LogP contribution in [0.2, 0.25) is 5.02 Å². The maximum absolute atomic E-state index is 14.1. The summed E-state index contributed by atoms with van der Waals surface area (Å²) >= 11 is 5.82. The minimum Gasteiger partial charge on any atom is -0.382 e. The second-order valence-corrected chi connectivity index (χ2v) is 8.71. The Balaban J connectivity index is 1.32. The number of piperidine rings is 1. The first-order valence-corrected chi connectivity index (χ1v) is 10.7. The number of halogens is 2. The number of imidazole rings is 1. The van der Waals surface area contributed by atoms with E-state index in [9.17, 15) is 14.0 Å². The lowest BCUT2D eigenvalue weighted by atomic mass is 10.1. The Bertz CT molecular complexity index is 1230. The number of aromatic nitrogens is 4. The summed E-state index contributed by atoms with van der Waals surface area (Å²) in [6, 6.07) is 4.06. The number of nitrogens with one attached hydrogen (secondary N) is 1. The van der Waals surface area contributed by atoms with Crippen molar-refractivity contribution in [3.8, 4) is 0 Å². The van der Waals surface area contributed by atoms with Crippen molar-refractivity contribution in [1.82, 2.24) is 29.7 Å². The van der Waals surface area contributed by atoms with Crippen molar-refractivity contribution < 1.29 is 14.0 Å². The van der Waals surface area contributed by atoms with Gasteiger partial charge >= 0.3 is 0 Å². The zero-order valence-corrected chi connectivity index (χ0v) is 18.0. The van der Waals surface area contributed by atoms with Crippen LogP contribution in [0.4, 0.5) is 10.2 Å². The SMILES string of the molecule is C[C@H]1C2C[C@@H](C(=O)NCc3cccc(Cl)c3F)N(C(=O)Cn3cnc4c(N)ncnc43)[C@H]21. The summed E-state index contributed by atoms with van der Waals surface area (Å²) in [6.07, 6.45) is 3.40. The summed E-state index contributed by atoms with van der Waals surface area (Å²) < 4.78 is 15.8. The van der Waals surface area contributed by atoms with Gasteiger partial charge in [0.05, 0.1) is 11.3 Å². The van der Waals surface area contributed by atoms with E-state index in [0.29, 0.717) is 29.1 Å². The van der Waals surface area contributed by atoms with Crippen LogP contribution in [0.3, 0.4) is 0 Å². The van der Waals surface area contributed by atoms with Crippen LogP contribution >= 0.6 is 11.6 Å². The van der Waals surface area contributed by atoms with Gasteiger partial charge in [-0.1, -0.05) is 30.7 Å². The molecule has 1 unspecified atom stereocenters. The molecule has 3 heterocycles. The van der Waals surface area contributed by atoms with Crippen LogP contribution in [0.25, 0.3) is 11.2 Å². The Morgan fingerprint density at radius 1 is 1.31 bits per heavy atom. The lowest BCUT2D eigenvalue weighted by Gasteiger charge is -2.28. The highest BCUT2D eigenvalue weighted by Crippen LogP contribution is 2.53. The van der Waals surface area contributed by atoms with Crippen molar-refractivity contribution >= 4 is 40.4 Å². The molecule has 0 bridgehead atoms. The second kappa shape index (κ2) is 7.70. The van der Waals surface area contributed by atoms with E-state index < -0.39 is 11.9 Å². The van der Waals surface area contributed by atoms with Gasteiger partial charge in [0.15, 0.2) is 11.5 Å². The Hall–Kier alpha value is -3.27. The highest BCUT2D eigenvalue weighted by atomic mass is 35.5. The fourth-order valence-corrected chi connectivity index (χ4v) is 4.91. The average Bonchev–Trinajstić information content (AvgIpc) is 3.11. The van der Waals surface area contributed by atoms with E-state index in [1.807, 2.05) is 0 Å². The third kappa shape index (κ3) is 3.35. The Labute approximate surface area is 187 Å². The van der Waals surface area contributed by atoms with E-state index in [0.717, 1.165) is 0 Å². The molecule has 1 saturated carbocycles. The largest absolute Gasteiger partial charge is 0.382 e. The first-order chi connectivity index (χ1) is 15.4. The second-order valence-electron chi connectivity index (χ2n) is 8.30. The van der Waals surface area contributed by atoms with E-state index >= 15 is 0 Å². The molecule has 2 aliphatic rings. The minimum absolute atomic E-state index is 0.00138. The molecule has 1 aliphatic carbocycles. The smallest absolute Gasteiger partial charge is 0.243 e. The van der Waals surface area contributed by atoms with E-state index in [4.69, 9.17) is 17.3 Å². The van der Waals surface area contributed by atoms with Crippen molar-refractivity contribution in [3.05, 3.63) is 47.3 Å². The number of carbonyl (C=O) groups is 2. The zero-order valence-electron chi connectivity index (χ0n) is 17.2. The average molecular weight is 458 g/mol. The van der Waals surface area contributed by atoms with Crippen LogP contribution in [0.15, 0.2) is 30.9 Å². The number of amides is 2. The van der Waals surface area contributed by atoms with Crippen LogP contribution in [0, 0.1) is 17.7 Å². The molecule has 0 spiro atoms. The number of nitrogens with zero attached hydrogens (tertiary/aromatic N) is 5. The number of benzene rings is 1. The highest BCUT2D eigenvalue weighted by Gasteiger charge is 2.61. The van der Waals surface area contributed by atoms with Gasteiger partial charge < -0.3 is 20.5 Å². The van der Waals surface area contributed by atoms with Crippen molar-refractivity contribution in [2.75, 3.05) is 5.73 Å². The lowest BCUT2D eigenvalue weighted by Crippen LogP contribution is -2.49. The summed E-state index contributed by atoms with van der Waals surface area (Å²) in [5.41, 5.74) is 7.01. The van der Waals surface area contributed by atoms with Crippen molar-refractivity contribution in [2.45, 2.75) is 38.5 Å². The van der Waals surface area contributed by atoms with E-state index in [1.54, 1.807) is 21.6 Å². The summed E-state index contributed by atoms with van der Waals surface area (Å²) in [6.45, 7) is 2.05. The molecule has 1 saturated heterocycles. The predicted molar refractivity (Wildman–Crippen MR) is 115 cm³/mol. The number of likely N-dealkylation sites (tertiary alicyclic amines) is 1. The molecule has 1 aromatic carbocycles. The van der Waals surface area contributed by atoms with Crippen LogP contribution < -0.4 is 11.1 Å². The number of anilines is 1. The van der Waals surface area contributed by atoms with Gasteiger partial charge in [-0.05, 0) is 24.3 Å². The summed E-state index contributed by atoms with van der Waals surface area (Å²) in [4.78, 5) is 40.1. The van der Waals surface area contributed by atoms with E-state index in [2.05, 4.69) is 27.2 Å². The number of hydrogen-bond donors (Lipinski definition) is 2. The highest BCUT2D eigenvalue weighted by molar-refractivity contribution is 6.30. The van der Waals surface area contributed by atoms with E-state index in [-0.39, 0.29) is 47.7 Å². The molecule has 3 aromatic rings. The molecular formula is C21H21ClFN7O2. The van der Waals surface area contributed by atoms with E-state index in [1.165, 1.54) is 18.7 Å². The molecule has 3 N–H and O–H groups in total. The van der Waals surface area contributed by atoms with Crippen molar-refractivity contribution in [1.29, 1.82) is 0 Å². The first kappa shape index (κ1) is 20.6. The molecule has 1 aliphatic heterocycles.